The lowest BCUT2D eigenvalue weighted by Gasteiger charge is -2.39. The minimum Gasteiger partial charge on any atom is -0.383 e. The first-order valence-corrected chi connectivity index (χ1v) is 7.04. The maximum Gasteiger partial charge on any atom is 0.227 e. The van der Waals surface area contributed by atoms with Crippen molar-refractivity contribution in [2.75, 3.05) is 13.7 Å². The summed E-state index contributed by atoms with van der Waals surface area (Å²) in [5.74, 6) is 0.273. The van der Waals surface area contributed by atoms with Crippen LogP contribution in [0.3, 0.4) is 0 Å². The summed E-state index contributed by atoms with van der Waals surface area (Å²) in [7, 11) is 1.62. The smallest absolute Gasteiger partial charge is 0.227 e. The molecule has 1 amide bonds. The maximum atomic E-state index is 12.7. The molecule has 0 heterocycles. The standard InChI is InChI=1S/C15H25NO3/c1-10(9-19-5)16-12(18)15-7-6-14(4,11(17)8-15)13(15,2)3/h10H,6-9H2,1-5H3,(H,16,18)/t10-,14-,15-/m0/s1. The molecule has 0 aliphatic heterocycles. The minimum atomic E-state index is -0.527. The number of fused-ring (bicyclic) bond motifs is 2. The Hall–Kier alpha value is -0.900. The number of rotatable bonds is 4. The quantitative estimate of drug-likeness (QED) is 0.846. The van der Waals surface area contributed by atoms with Crippen molar-refractivity contribution in [1.82, 2.24) is 5.32 Å². The van der Waals surface area contributed by atoms with Crippen molar-refractivity contribution in [2.24, 2.45) is 16.2 Å². The highest BCUT2D eigenvalue weighted by atomic mass is 16.5. The predicted octanol–water partition coefficient (Wildman–Crippen LogP) is 1.92. The molecule has 0 unspecified atom stereocenters. The number of carbonyl (C=O) groups is 2. The summed E-state index contributed by atoms with van der Waals surface area (Å²) in [6.45, 7) is 8.59. The zero-order valence-corrected chi connectivity index (χ0v) is 12.6. The number of nitrogens with one attached hydrogen (secondary N) is 1. The summed E-state index contributed by atoms with van der Waals surface area (Å²) in [4.78, 5) is 25.0. The highest BCUT2D eigenvalue weighted by molar-refractivity contribution is 5.99. The van der Waals surface area contributed by atoms with Gasteiger partial charge >= 0.3 is 0 Å². The molecular weight excluding hydrogens is 242 g/mol. The average Bonchev–Trinajstić information content (AvgIpc) is 2.59. The van der Waals surface area contributed by atoms with E-state index in [0.29, 0.717) is 13.0 Å². The van der Waals surface area contributed by atoms with E-state index in [1.165, 1.54) is 0 Å². The second kappa shape index (κ2) is 4.30. The van der Waals surface area contributed by atoms with Gasteiger partial charge in [-0.2, -0.15) is 0 Å². The molecule has 0 aromatic carbocycles. The Labute approximate surface area is 115 Å². The van der Waals surface area contributed by atoms with Crippen molar-refractivity contribution in [3.8, 4) is 0 Å². The topological polar surface area (TPSA) is 55.4 Å². The van der Waals surface area contributed by atoms with Crippen molar-refractivity contribution >= 4 is 11.7 Å². The van der Waals surface area contributed by atoms with E-state index < -0.39 is 5.41 Å². The molecule has 0 aromatic heterocycles. The molecule has 4 heteroatoms. The van der Waals surface area contributed by atoms with Crippen LogP contribution in [0.25, 0.3) is 0 Å². The van der Waals surface area contributed by atoms with Crippen LogP contribution in [0.5, 0.6) is 0 Å². The van der Waals surface area contributed by atoms with Crippen LogP contribution in [0, 0.1) is 16.2 Å². The van der Waals surface area contributed by atoms with Crippen LogP contribution in [-0.4, -0.2) is 31.4 Å². The third-order valence-electron chi connectivity index (χ3n) is 5.93. The van der Waals surface area contributed by atoms with Crippen LogP contribution < -0.4 is 5.32 Å². The fourth-order valence-corrected chi connectivity index (χ4v) is 4.01. The summed E-state index contributed by atoms with van der Waals surface area (Å²) in [5.41, 5.74) is -1.14. The summed E-state index contributed by atoms with van der Waals surface area (Å²) in [5, 5.41) is 3.02. The largest absolute Gasteiger partial charge is 0.383 e. The van der Waals surface area contributed by atoms with Gasteiger partial charge in [0, 0.05) is 25.0 Å². The zero-order chi connectivity index (χ0) is 14.5. The number of amides is 1. The third-order valence-corrected chi connectivity index (χ3v) is 5.93. The van der Waals surface area contributed by atoms with E-state index in [1.807, 2.05) is 13.8 Å². The third kappa shape index (κ3) is 1.69. The predicted molar refractivity (Wildman–Crippen MR) is 72.7 cm³/mol. The molecule has 4 nitrogen and oxygen atoms in total. The number of Topliss-reactive ketones (excluding diaryl/α,β-unsaturated/α-hetero) is 1. The van der Waals surface area contributed by atoms with Gasteiger partial charge in [-0.1, -0.05) is 20.8 Å². The second-order valence-corrected chi connectivity index (χ2v) is 6.97. The Morgan fingerprint density at radius 1 is 1.37 bits per heavy atom. The molecule has 108 valence electrons. The number of hydrogen-bond donors (Lipinski definition) is 1. The van der Waals surface area contributed by atoms with Crippen LogP contribution in [0.15, 0.2) is 0 Å². The Morgan fingerprint density at radius 2 is 2.00 bits per heavy atom. The molecule has 2 fully saturated rings. The van der Waals surface area contributed by atoms with E-state index >= 15 is 0 Å². The SMILES string of the molecule is COC[C@H](C)NC(=O)[C@]12CC[C@@](C)(C(=O)C1)C2(C)C. The van der Waals surface area contributed by atoms with Crippen LogP contribution >= 0.6 is 0 Å². The van der Waals surface area contributed by atoms with E-state index in [2.05, 4.69) is 19.2 Å². The maximum absolute atomic E-state index is 12.7. The molecule has 2 aliphatic carbocycles. The fourth-order valence-electron chi connectivity index (χ4n) is 4.01. The number of ketones is 1. The van der Waals surface area contributed by atoms with Crippen molar-refractivity contribution in [3.63, 3.8) is 0 Å². The second-order valence-electron chi connectivity index (χ2n) is 6.97. The average molecular weight is 267 g/mol. The van der Waals surface area contributed by atoms with Crippen LogP contribution in [0.4, 0.5) is 0 Å². The summed E-state index contributed by atoms with van der Waals surface area (Å²) >= 11 is 0. The van der Waals surface area contributed by atoms with Gasteiger partial charge in [0.25, 0.3) is 0 Å². The van der Waals surface area contributed by atoms with Crippen molar-refractivity contribution in [1.29, 1.82) is 0 Å². The van der Waals surface area contributed by atoms with E-state index in [4.69, 9.17) is 4.74 Å². The number of ether oxygens (including phenoxy) is 1. The van der Waals surface area contributed by atoms with Gasteiger partial charge in [-0.05, 0) is 25.2 Å². The molecule has 2 bridgehead atoms. The highest BCUT2D eigenvalue weighted by Gasteiger charge is 2.72. The van der Waals surface area contributed by atoms with Crippen LogP contribution in [0.2, 0.25) is 0 Å². The van der Waals surface area contributed by atoms with E-state index in [-0.39, 0.29) is 28.6 Å². The molecule has 19 heavy (non-hydrogen) atoms. The van der Waals surface area contributed by atoms with Gasteiger partial charge in [-0.15, -0.1) is 0 Å². The van der Waals surface area contributed by atoms with Gasteiger partial charge in [0.2, 0.25) is 5.91 Å². The van der Waals surface area contributed by atoms with Gasteiger partial charge < -0.3 is 10.1 Å². The molecule has 0 aromatic rings. The highest BCUT2D eigenvalue weighted by Crippen LogP contribution is 2.70. The molecular formula is C15H25NO3. The van der Waals surface area contributed by atoms with Crippen molar-refractivity contribution in [3.05, 3.63) is 0 Å². The normalized spacial score (nSPS) is 37.4. The number of carbonyl (C=O) groups excluding carboxylic acids is 2. The summed E-state index contributed by atoms with van der Waals surface area (Å²) in [6.07, 6.45) is 2.03. The Bertz CT molecular complexity index is 418. The van der Waals surface area contributed by atoms with Gasteiger partial charge in [0.05, 0.1) is 12.0 Å². The lowest BCUT2D eigenvalue weighted by molar-refractivity contribution is -0.137. The van der Waals surface area contributed by atoms with Gasteiger partial charge in [-0.25, -0.2) is 0 Å². The lowest BCUT2D eigenvalue weighted by atomic mass is 9.64. The van der Waals surface area contributed by atoms with Crippen LogP contribution in [-0.2, 0) is 14.3 Å². The van der Waals surface area contributed by atoms with E-state index in [1.54, 1.807) is 7.11 Å². The molecule has 0 saturated heterocycles. The number of methoxy groups -OCH3 is 1. The molecule has 0 radical (unpaired) electrons. The zero-order valence-electron chi connectivity index (χ0n) is 12.6. The fraction of sp³-hybridized carbons (Fsp3) is 0.867. The van der Waals surface area contributed by atoms with Crippen molar-refractivity contribution in [2.45, 2.75) is 53.0 Å². The van der Waals surface area contributed by atoms with Gasteiger partial charge in [0.1, 0.15) is 5.78 Å². The van der Waals surface area contributed by atoms with Gasteiger partial charge in [-0.3, -0.25) is 9.59 Å². The van der Waals surface area contributed by atoms with E-state index in [0.717, 1.165) is 12.8 Å². The molecule has 2 aliphatic rings. The first-order chi connectivity index (χ1) is 8.71. The Morgan fingerprint density at radius 3 is 2.42 bits per heavy atom. The molecule has 2 rings (SSSR count). The lowest BCUT2D eigenvalue weighted by Crippen LogP contribution is -2.50. The van der Waals surface area contributed by atoms with Gasteiger partial charge in [0.15, 0.2) is 0 Å². The number of hydrogen-bond acceptors (Lipinski definition) is 3. The molecule has 2 saturated carbocycles. The van der Waals surface area contributed by atoms with E-state index in [9.17, 15) is 9.59 Å². The molecule has 0 spiro atoms. The minimum absolute atomic E-state index is 0.0229. The molecule has 1 N–H and O–H groups in total. The Balaban J connectivity index is 2.24. The Kier molecular flexibility index (Phi) is 3.28. The first kappa shape index (κ1) is 14.5. The van der Waals surface area contributed by atoms with Crippen LogP contribution in [0.1, 0.15) is 47.0 Å². The molecule has 3 atom stereocenters. The summed E-state index contributed by atoms with van der Waals surface area (Å²) in [6, 6.07) is -0.0229. The monoisotopic (exact) mass is 267 g/mol. The first-order valence-electron chi connectivity index (χ1n) is 7.04. The summed E-state index contributed by atoms with van der Waals surface area (Å²) < 4.78 is 5.06. The van der Waals surface area contributed by atoms with Crippen molar-refractivity contribution < 1.29 is 14.3 Å².